The van der Waals surface area contributed by atoms with E-state index in [0.29, 0.717) is 22.0 Å². The minimum atomic E-state index is -0.262. The number of amides is 1. The molecular formula is C23H16BrClN2O2. The number of benzene rings is 3. The largest absolute Gasteiger partial charge is 0.495 e. The molecule has 0 atom stereocenters. The summed E-state index contributed by atoms with van der Waals surface area (Å²) >= 11 is 9.54. The van der Waals surface area contributed by atoms with Gasteiger partial charge in [-0.2, -0.15) is 0 Å². The van der Waals surface area contributed by atoms with Crippen LogP contribution in [-0.4, -0.2) is 18.0 Å². The molecule has 1 aromatic heterocycles. The molecule has 0 unspecified atom stereocenters. The molecule has 0 aliphatic carbocycles. The summed E-state index contributed by atoms with van der Waals surface area (Å²) in [5.74, 6) is 0.275. The number of halogens is 2. The van der Waals surface area contributed by atoms with Gasteiger partial charge in [-0.25, -0.2) is 4.98 Å². The van der Waals surface area contributed by atoms with Crippen molar-refractivity contribution in [2.45, 2.75) is 0 Å². The number of carbonyl (C=O) groups is 1. The van der Waals surface area contributed by atoms with Gasteiger partial charge in [0.1, 0.15) is 5.75 Å². The van der Waals surface area contributed by atoms with E-state index >= 15 is 0 Å². The fourth-order valence-electron chi connectivity index (χ4n) is 3.10. The van der Waals surface area contributed by atoms with Gasteiger partial charge in [-0.3, -0.25) is 4.79 Å². The molecule has 4 nitrogen and oxygen atoms in total. The molecule has 6 heteroatoms. The lowest BCUT2D eigenvalue weighted by Gasteiger charge is -2.13. The molecule has 4 rings (SSSR count). The number of hydrogen-bond donors (Lipinski definition) is 1. The van der Waals surface area contributed by atoms with Crippen molar-refractivity contribution < 1.29 is 9.53 Å². The van der Waals surface area contributed by atoms with Crippen molar-refractivity contribution in [3.05, 3.63) is 87.9 Å². The maximum absolute atomic E-state index is 13.2. The number of nitrogens with one attached hydrogen (secondary N) is 1. The molecule has 1 amide bonds. The van der Waals surface area contributed by atoms with Crippen molar-refractivity contribution in [1.82, 2.24) is 4.98 Å². The lowest BCUT2D eigenvalue weighted by molar-refractivity contribution is 0.102. The number of aromatic nitrogens is 1. The third kappa shape index (κ3) is 4.11. The van der Waals surface area contributed by atoms with E-state index in [9.17, 15) is 4.79 Å². The van der Waals surface area contributed by atoms with Gasteiger partial charge in [-0.1, -0.05) is 57.9 Å². The lowest BCUT2D eigenvalue weighted by atomic mass is 10.0. The van der Waals surface area contributed by atoms with E-state index in [4.69, 9.17) is 21.3 Å². The summed E-state index contributed by atoms with van der Waals surface area (Å²) in [4.78, 5) is 17.9. The summed E-state index contributed by atoms with van der Waals surface area (Å²) in [7, 11) is 1.55. The molecule has 0 aliphatic heterocycles. The normalized spacial score (nSPS) is 10.7. The van der Waals surface area contributed by atoms with E-state index in [2.05, 4.69) is 21.2 Å². The highest BCUT2D eigenvalue weighted by atomic mass is 79.9. The molecule has 0 fully saturated rings. The highest BCUT2D eigenvalue weighted by Crippen LogP contribution is 2.30. The van der Waals surface area contributed by atoms with Crippen LogP contribution in [0.4, 0.5) is 5.69 Å². The Morgan fingerprint density at radius 2 is 1.79 bits per heavy atom. The van der Waals surface area contributed by atoms with Crippen LogP contribution in [-0.2, 0) is 0 Å². The van der Waals surface area contributed by atoms with Crippen molar-refractivity contribution in [2.24, 2.45) is 0 Å². The van der Waals surface area contributed by atoms with Crippen LogP contribution in [0.1, 0.15) is 10.4 Å². The van der Waals surface area contributed by atoms with Crippen LogP contribution >= 0.6 is 27.5 Å². The van der Waals surface area contributed by atoms with Crippen LogP contribution in [0.15, 0.2) is 77.3 Å². The molecule has 0 saturated heterocycles. The van der Waals surface area contributed by atoms with Crippen LogP contribution in [0.5, 0.6) is 5.75 Å². The van der Waals surface area contributed by atoms with Gasteiger partial charge in [0.05, 0.1) is 29.6 Å². The first-order chi connectivity index (χ1) is 14.0. The molecule has 144 valence electrons. The van der Waals surface area contributed by atoms with Gasteiger partial charge in [-0.15, -0.1) is 0 Å². The Hall–Kier alpha value is -2.89. The van der Waals surface area contributed by atoms with Crippen LogP contribution in [0, 0.1) is 0 Å². The second-order valence-corrected chi connectivity index (χ2v) is 7.73. The van der Waals surface area contributed by atoms with Crippen molar-refractivity contribution in [2.75, 3.05) is 12.4 Å². The molecule has 0 radical (unpaired) electrons. The number of para-hydroxylation sites is 1. The zero-order valence-corrected chi connectivity index (χ0v) is 17.8. The summed E-state index contributed by atoms with van der Waals surface area (Å²) < 4.78 is 6.32. The average molecular weight is 468 g/mol. The molecule has 0 saturated carbocycles. The molecule has 3 aromatic carbocycles. The Morgan fingerprint density at radius 1 is 1.03 bits per heavy atom. The van der Waals surface area contributed by atoms with Crippen LogP contribution in [0.25, 0.3) is 22.2 Å². The first-order valence-electron chi connectivity index (χ1n) is 8.86. The number of nitrogens with zero attached hydrogens (tertiary/aromatic N) is 1. The Kier molecular flexibility index (Phi) is 5.51. The first kappa shape index (κ1) is 19.4. The number of ether oxygens (including phenoxy) is 1. The lowest BCUT2D eigenvalue weighted by Crippen LogP contribution is -2.14. The summed E-state index contributed by atoms with van der Waals surface area (Å²) in [6.45, 7) is 0. The Morgan fingerprint density at radius 3 is 2.55 bits per heavy atom. The zero-order valence-electron chi connectivity index (χ0n) is 15.4. The second kappa shape index (κ2) is 8.23. The third-order valence-electron chi connectivity index (χ3n) is 4.51. The van der Waals surface area contributed by atoms with Gasteiger partial charge in [-0.05, 0) is 42.5 Å². The van der Waals surface area contributed by atoms with Crippen molar-refractivity contribution in [3.63, 3.8) is 0 Å². The van der Waals surface area contributed by atoms with Gasteiger partial charge >= 0.3 is 0 Å². The minimum absolute atomic E-state index is 0.262. The zero-order chi connectivity index (χ0) is 20.4. The number of rotatable bonds is 4. The topological polar surface area (TPSA) is 51.2 Å². The smallest absolute Gasteiger partial charge is 0.256 e. The van der Waals surface area contributed by atoms with Crippen molar-refractivity contribution in [1.29, 1.82) is 0 Å². The molecule has 0 spiro atoms. The summed E-state index contributed by atoms with van der Waals surface area (Å²) in [6.07, 6.45) is 0. The third-order valence-corrected chi connectivity index (χ3v) is 5.27. The van der Waals surface area contributed by atoms with Gasteiger partial charge in [0.25, 0.3) is 5.91 Å². The summed E-state index contributed by atoms with van der Waals surface area (Å²) in [6, 6.07) is 22.3. The minimum Gasteiger partial charge on any atom is -0.495 e. The van der Waals surface area contributed by atoms with E-state index in [1.54, 1.807) is 31.4 Å². The van der Waals surface area contributed by atoms with Crippen molar-refractivity contribution >= 4 is 50.0 Å². The quantitative estimate of drug-likeness (QED) is 0.369. The molecular weight excluding hydrogens is 452 g/mol. The highest BCUT2D eigenvalue weighted by Gasteiger charge is 2.16. The number of anilines is 1. The van der Waals surface area contributed by atoms with E-state index in [1.807, 2.05) is 48.5 Å². The van der Waals surface area contributed by atoms with Crippen LogP contribution < -0.4 is 10.1 Å². The summed E-state index contributed by atoms with van der Waals surface area (Å²) in [5, 5.41) is 4.20. The maximum Gasteiger partial charge on any atom is 0.256 e. The Labute approximate surface area is 181 Å². The summed E-state index contributed by atoms with van der Waals surface area (Å²) in [5.41, 5.74) is 3.43. The maximum atomic E-state index is 13.2. The van der Waals surface area contributed by atoms with E-state index in [0.717, 1.165) is 26.6 Å². The number of carbonyl (C=O) groups excluding carboxylic acids is 1. The van der Waals surface area contributed by atoms with Crippen molar-refractivity contribution in [3.8, 4) is 17.0 Å². The van der Waals surface area contributed by atoms with Crippen LogP contribution in [0.2, 0.25) is 5.02 Å². The molecule has 4 aromatic rings. The number of pyridine rings is 1. The van der Waals surface area contributed by atoms with Crippen LogP contribution in [0.3, 0.4) is 0 Å². The van der Waals surface area contributed by atoms with E-state index < -0.39 is 0 Å². The second-order valence-electron chi connectivity index (χ2n) is 6.38. The monoisotopic (exact) mass is 466 g/mol. The van der Waals surface area contributed by atoms with Gasteiger partial charge in [0.2, 0.25) is 0 Å². The van der Waals surface area contributed by atoms with Gasteiger partial charge in [0.15, 0.2) is 0 Å². The first-order valence-corrected chi connectivity index (χ1v) is 10.0. The standard InChI is InChI=1S/C23H16BrClN2O2/c1-29-22-11-10-16(25)12-21(22)27-23(28)18-13-20(14-6-8-15(24)9-7-14)26-19-5-3-2-4-17(18)19/h2-13H,1H3,(H,27,28). The van der Waals surface area contributed by atoms with Gasteiger partial charge < -0.3 is 10.1 Å². The number of fused-ring (bicyclic) bond motifs is 1. The predicted octanol–water partition coefficient (Wildman–Crippen LogP) is 6.58. The van der Waals surface area contributed by atoms with E-state index in [1.165, 1.54) is 0 Å². The SMILES string of the molecule is COc1ccc(Cl)cc1NC(=O)c1cc(-c2ccc(Br)cc2)nc2ccccc12. The molecule has 29 heavy (non-hydrogen) atoms. The average Bonchev–Trinajstić information content (AvgIpc) is 2.73. The fourth-order valence-corrected chi connectivity index (χ4v) is 3.54. The van der Waals surface area contributed by atoms with Gasteiger partial charge in [0, 0.05) is 20.4 Å². The molecule has 0 aliphatic rings. The molecule has 1 heterocycles. The fraction of sp³-hybridized carbons (Fsp3) is 0.0435. The molecule has 1 N–H and O–H groups in total. The van der Waals surface area contributed by atoms with E-state index in [-0.39, 0.29) is 5.91 Å². The number of hydrogen-bond acceptors (Lipinski definition) is 3. The highest BCUT2D eigenvalue weighted by molar-refractivity contribution is 9.10. The predicted molar refractivity (Wildman–Crippen MR) is 121 cm³/mol. The Balaban J connectivity index is 1.81. The Bertz CT molecular complexity index is 1210. The molecule has 0 bridgehead atoms. The number of methoxy groups -OCH3 is 1.